The van der Waals surface area contributed by atoms with Gasteiger partial charge in [0.05, 0.1) is 6.04 Å². The third-order valence-electron chi connectivity index (χ3n) is 6.16. The van der Waals surface area contributed by atoms with Gasteiger partial charge in [0, 0.05) is 56.5 Å². The summed E-state index contributed by atoms with van der Waals surface area (Å²) in [5.41, 5.74) is 0.648. The lowest BCUT2D eigenvalue weighted by atomic mass is 9.93. The molecule has 1 saturated heterocycles. The van der Waals surface area contributed by atoms with Gasteiger partial charge in [0.25, 0.3) is 0 Å². The zero-order chi connectivity index (χ0) is 20.9. The summed E-state index contributed by atoms with van der Waals surface area (Å²) in [6.45, 7) is 9.49. The molecule has 2 aliphatic rings. The van der Waals surface area contributed by atoms with Crippen molar-refractivity contribution in [2.24, 2.45) is 11.3 Å². The van der Waals surface area contributed by atoms with E-state index in [2.05, 4.69) is 15.2 Å². The minimum absolute atomic E-state index is 0.0758. The second-order valence-corrected chi connectivity index (χ2v) is 9.43. The highest BCUT2D eigenvalue weighted by Crippen LogP contribution is 2.31. The molecule has 0 aromatic carbocycles. The van der Waals surface area contributed by atoms with Crippen LogP contribution in [0.2, 0.25) is 0 Å². The molecule has 1 atom stereocenters. The van der Waals surface area contributed by atoms with Crippen LogP contribution in [0.5, 0.6) is 0 Å². The zero-order valence-electron chi connectivity index (χ0n) is 18.2. The van der Waals surface area contributed by atoms with Crippen LogP contribution in [-0.4, -0.2) is 65.4 Å². The van der Waals surface area contributed by atoms with Gasteiger partial charge in [-0.05, 0) is 30.9 Å². The van der Waals surface area contributed by atoms with Crippen molar-refractivity contribution in [3.8, 4) is 0 Å². The molecule has 0 bridgehead atoms. The summed E-state index contributed by atoms with van der Waals surface area (Å²) >= 11 is 0. The van der Waals surface area contributed by atoms with Gasteiger partial charge >= 0.3 is 0 Å². The van der Waals surface area contributed by atoms with Gasteiger partial charge in [0.2, 0.25) is 11.8 Å². The number of hydrogen-bond acceptors (Lipinski definition) is 4. The third kappa shape index (κ3) is 5.78. The normalized spacial score (nSPS) is 19.9. The van der Waals surface area contributed by atoms with Crippen molar-refractivity contribution in [2.75, 3.05) is 32.7 Å². The molecule has 1 unspecified atom stereocenters. The number of hydrogen-bond donors (Lipinski definition) is 1. The zero-order valence-corrected chi connectivity index (χ0v) is 18.2. The molecule has 1 saturated carbocycles. The largest absolute Gasteiger partial charge is 0.354 e. The van der Waals surface area contributed by atoms with E-state index < -0.39 is 0 Å². The first kappa shape index (κ1) is 21.8. The van der Waals surface area contributed by atoms with Crippen molar-refractivity contribution in [1.82, 2.24) is 20.1 Å². The third-order valence-corrected chi connectivity index (χ3v) is 6.16. The smallest absolute Gasteiger partial charge is 0.237 e. The van der Waals surface area contributed by atoms with Crippen LogP contribution in [0.3, 0.4) is 0 Å². The minimum atomic E-state index is -0.351. The number of carbonyl (C=O) groups excluding carboxylic acids is 2. The highest BCUT2D eigenvalue weighted by molar-refractivity contribution is 5.83. The maximum absolute atomic E-state index is 13.1. The molecule has 29 heavy (non-hydrogen) atoms. The first-order valence-corrected chi connectivity index (χ1v) is 11.1. The molecule has 0 spiro atoms. The number of nitrogens with one attached hydrogen (secondary N) is 1. The van der Waals surface area contributed by atoms with Crippen molar-refractivity contribution in [3.63, 3.8) is 0 Å². The van der Waals surface area contributed by atoms with Crippen molar-refractivity contribution < 1.29 is 9.59 Å². The van der Waals surface area contributed by atoms with Crippen LogP contribution in [0.4, 0.5) is 0 Å². The van der Waals surface area contributed by atoms with Gasteiger partial charge in [-0.15, -0.1) is 0 Å². The first-order chi connectivity index (χ1) is 13.9. The number of amides is 2. The molecule has 1 aromatic rings. The van der Waals surface area contributed by atoms with E-state index in [1.807, 2.05) is 43.9 Å². The highest BCUT2D eigenvalue weighted by atomic mass is 16.2. The van der Waals surface area contributed by atoms with E-state index in [9.17, 15) is 9.59 Å². The van der Waals surface area contributed by atoms with Crippen LogP contribution in [0.15, 0.2) is 24.4 Å². The molecule has 6 heteroatoms. The first-order valence-electron chi connectivity index (χ1n) is 11.1. The number of aromatic nitrogens is 1. The van der Waals surface area contributed by atoms with Gasteiger partial charge in [-0.25, -0.2) is 0 Å². The molecule has 6 nitrogen and oxygen atoms in total. The van der Waals surface area contributed by atoms with Crippen LogP contribution >= 0.6 is 0 Å². The topological polar surface area (TPSA) is 65.5 Å². The summed E-state index contributed by atoms with van der Waals surface area (Å²) in [7, 11) is 0. The van der Waals surface area contributed by atoms with E-state index in [0.717, 1.165) is 38.0 Å². The molecule has 3 rings (SSSR count). The van der Waals surface area contributed by atoms with Crippen molar-refractivity contribution in [1.29, 1.82) is 0 Å². The second kappa shape index (κ2) is 9.70. The Labute approximate surface area is 175 Å². The van der Waals surface area contributed by atoms with E-state index in [4.69, 9.17) is 0 Å². The number of nitrogens with zero attached hydrogens (tertiary/aromatic N) is 3. The SMILES string of the molecule is CC(C)(C)C(=O)N1CCN(C(C(=O)NCCc2ccccn2)C2CCCC2)CC1. The summed E-state index contributed by atoms with van der Waals surface area (Å²) < 4.78 is 0. The Bertz CT molecular complexity index is 672. The molecule has 2 heterocycles. The maximum Gasteiger partial charge on any atom is 0.237 e. The average Bonchev–Trinajstić information content (AvgIpc) is 3.22. The van der Waals surface area contributed by atoms with Crippen molar-refractivity contribution in [2.45, 2.75) is 58.9 Å². The maximum atomic E-state index is 13.1. The van der Waals surface area contributed by atoms with Gasteiger partial charge in [0.15, 0.2) is 0 Å². The Kier molecular flexibility index (Phi) is 7.28. The summed E-state index contributed by atoms with van der Waals surface area (Å²) in [6, 6.07) is 5.80. The fourth-order valence-corrected chi connectivity index (χ4v) is 4.59. The monoisotopic (exact) mass is 400 g/mol. The lowest BCUT2D eigenvalue weighted by Crippen LogP contribution is -2.59. The summed E-state index contributed by atoms with van der Waals surface area (Å²) in [4.78, 5) is 34.3. The number of pyridine rings is 1. The second-order valence-electron chi connectivity index (χ2n) is 9.43. The standard InChI is InChI=1S/C23H36N4O2/c1-23(2,3)22(29)27-16-14-26(15-17-27)20(18-8-4-5-9-18)21(28)25-13-11-19-10-6-7-12-24-19/h6-7,10,12,18,20H,4-5,8-9,11,13-17H2,1-3H3,(H,25,28). The summed E-state index contributed by atoms with van der Waals surface area (Å²) in [5, 5.41) is 3.16. The number of carbonyl (C=O) groups is 2. The molecule has 1 N–H and O–H groups in total. The number of piperazine rings is 1. The molecular weight excluding hydrogens is 364 g/mol. The van der Waals surface area contributed by atoms with Crippen LogP contribution < -0.4 is 5.32 Å². The molecule has 1 aliphatic carbocycles. The van der Waals surface area contributed by atoms with Crippen LogP contribution in [0, 0.1) is 11.3 Å². The Balaban J connectivity index is 1.57. The number of rotatable bonds is 6. The Hall–Kier alpha value is -1.95. The molecule has 1 aromatic heterocycles. The van der Waals surface area contributed by atoms with Crippen LogP contribution in [-0.2, 0) is 16.0 Å². The molecule has 2 fully saturated rings. The predicted molar refractivity (Wildman–Crippen MR) is 114 cm³/mol. The highest BCUT2D eigenvalue weighted by Gasteiger charge is 2.38. The molecule has 2 amide bonds. The van der Waals surface area contributed by atoms with E-state index in [-0.39, 0.29) is 23.3 Å². The van der Waals surface area contributed by atoms with E-state index >= 15 is 0 Å². The minimum Gasteiger partial charge on any atom is -0.354 e. The Morgan fingerprint density at radius 3 is 2.41 bits per heavy atom. The van der Waals surface area contributed by atoms with Crippen molar-refractivity contribution in [3.05, 3.63) is 30.1 Å². The predicted octanol–water partition coefficient (Wildman–Crippen LogP) is 2.49. The van der Waals surface area contributed by atoms with E-state index in [0.29, 0.717) is 25.6 Å². The molecule has 0 radical (unpaired) electrons. The molecular formula is C23H36N4O2. The van der Waals surface area contributed by atoms with Gasteiger partial charge in [-0.3, -0.25) is 19.5 Å². The van der Waals surface area contributed by atoms with E-state index in [1.54, 1.807) is 6.20 Å². The lowest BCUT2D eigenvalue weighted by Gasteiger charge is -2.42. The quantitative estimate of drug-likeness (QED) is 0.797. The van der Waals surface area contributed by atoms with Crippen molar-refractivity contribution >= 4 is 11.8 Å². The van der Waals surface area contributed by atoms with Crippen LogP contribution in [0.25, 0.3) is 0 Å². The van der Waals surface area contributed by atoms with Gasteiger partial charge in [0.1, 0.15) is 0 Å². The molecule has 1 aliphatic heterocycles. The van der Waals surface area contributed by atoms with Crippen LogP contribution in [0.1, 0.15) is 52.1 Å². The summed E-state index contributed by atoms with van der Waals surface area (Å²) in [5.74, 6) is 0.771. The van der Waals surface area contributed by atoms with E-state index in [1.165, 1.54) is 12.8 Å². The Morgan fingerprint density at radius 2 is 1.83 bits per heavy atom. The molecule has 160 valence electrons. The van der Waals surface area contributed by atoms with Gasteiger partial charge < -0.3 is 10.2 Å². The fraction of sp³-hybridized carbons (Fsp3) is 0.696. The lowest BCUT2D eigenvalue weighted by molar-refractivity contribution is -0.142. The van der Waals surface area contributed by atoms with Gasteiger partial charge in [-0.1, -0.05) is 39.7 Å². The average molecular weight is 401 g/mol. The Morgan fingerprint density at radius 1 is 1.14 bits per heavy atom. The summed E-state index contributed by atoms with van der Waals surface area (Å²) in [6.07, 6.45) is 7.21. The fourth-order valence-electron chi connectivity index (χ4n) is 4.59. The van der Waals surface area contributed by atoms with Gasteiger partial charge in [-0.2, -0.15) is 0 Å².